The standard InChI is InChI=1S/C46H26O3/c1-2-11-27(12-3-1)41-25-29-24-38-37-23-28(21-22-40(37)47-43(38)26-42(29)48-41)44-31-14-4-6-16-33(31)45(34-17-7-5-15-32(34)44)36-19-10-18-35-30-13-8-9-20-39(30)49-46(35)36/h1-26H. The molecule has 49 heavy (non-hydrogen) atoms. The summed E-state index contributed by atoms with van der Waals surface area (Å²) < 4.78 is 19.3. The molecule has 0 spiro atoms. The van der Waals surface area contributed by atoms with Gasteiger partial charge in [0.05, 0.1) is 0 Å². The van der Waals surface area contributed by atoms with Crippen molar-refractivity contribution in [1.29, 1.82) is 0 Å². The van der Waals surface area contributed by atoms with E-state index in [1.807, 2.05) is 36.4 Å². The largest absolute Gasteiger partial charge is 0.456 e. The second kappa shape index (κ2) is 9.96. The van der Waals surface area contributed by atoms with Crippen LogP contribution in [0.25, 0.3) is 110 Å². The smallest absolute Gasteiger partial charge is 0.143 e. The van der Waals surface area contributed by atoms with Crippen LogP contribution in [0.5, 0.6) is 0 Å². The van der Waals surface area contributed by atoms with Gasteiger partial charge in [-0.1, -0.05) is 121 Å². The Kier molecular flexibility index (Phi) is 5.38. The molecule has 3 heterocycles. The van der Waals surface area contributed by atoms with Crippen LogP contribution in [-0.2, 0) is 0 Å². The average molecular weight is 627 g/mol. The summed E-state index contributed by atoms with van der Waals surface area (Å²) in [6, 6.07) is 55.5. The molecule has 0 amide bonds. The molecule has 3 nitrogen and oxygen atoms in total. The molecule has 0 atom stereocenters. The minimum atomic E-state index is 0.817. The molecule has 0 fully saturated rings. The minimum Gasteiger partial charge on any atom is -0.456 e. The van der Waals surface area contributed by atoms with Crippen LogP contribution < -0.4 is 0 Å². The van der Waals surface area contributed by atoms with E-state index in [9.17, 15) is 0 Å². The average Bonchev–Trinajstić information content (AvgIpc) is 3.86. The zero-order valence-electron chi connectivity index (χ0n) is 26.2. The van der Waals surface area contributed by atoms with Crippen molar-refractivity contribution in [3.63, 3.8) is 0 Å². The van der Waals surface area contributed by atoms with Crippen molar-refractivity contribution in [2.24, 2.45) is 0 Å². The molecule has 8 aromatic carbocycles. The fourth-order valence-corrected chi connectivity index (χ4v) is 7.88. The van der Waals surface area contributed by atoms with E-state index in [1.165, 1.54) is 32.7 Å². The molecule has 228 valence electrons. The van der Waals surface area contributed by atoms with Crippen molar-refractivity contribution in [2.75, 3.05) is 0 Å². The van der Waals surface area contributed by atoms with E-state index >= 15 is 0 Å². The Morgan fingerprint density at radius 3 is 1.71 bits per heavy atom. The predicted octanol–water partition coefficient (Wildman–Crippen LogP) is 13.5. The van der Waals surface area contributed by atoms with Crippen LogP contribution in [0.15, 0.2) is 171 Å². The van der Waals surface area contributed by atoms with E-state index in [1.54, 1.807) is 0 Å². The quantitative estimate of drug-likeness (QED) is 0.183. The normalized spacial score (nSPS) is 12.1. The molecule has 0 aliphatic rings. The molecular weight excluding hydrogens is 601 g/mol. The zero-order chi connectivity index (χ0) is 32.1. The highest BCUT2D eigenvalue weighted by Crippen LogP contribution is 2.47. The minimum absolute atomic E-state index is 0.817. The van der Waals surface area contributed by atoms with Crippen LogP contribution in [0.3, 0.4) is 0 Å². The molecule has 3 aromatic heterocycles. The molecule has 11 aromatic rings. The SMILES string of the molecule is c1ccc(-c2cc3cc4c(cc3o2)oc2ccc(-c3c5ccccc5c(-c5cccc6c5oc5ccccc56)c5ccccc35)cc24)cc1. The van der Waals surface area contributed by atoms with E-state index in [-0.39, 0.29) is 0 Å². The van der Waals surface area contributed by atoms with Gasteiger partial charge in [-0.25, -0.2) is 0 Å². The molecule has 0 radical (unpaired) electrons. The van der Waals surface area contributed by atoms with Crippen LogP contribution in [0, 0.1) is 0 Å². The number of furan rings is 3. The van der Waals surface area contributed by atoms with E-state index in [0.717, 1.165) is 77.3 Å². The summed E-state index contributed by atoms with van der Waals surface area (Å²) >= 11 is 0. The number of hydrogen-bond acceptors (Lipinski definition) is 3. The number of fused-ring (bicyclic) bond motifs is 9. The van der Waals surface area contributed by atoms with Crippen LogP contribution in [0.2, 0.25) is 0 Å². The first-order valence-corrected chi connectivity index (χ1v) is 16.6. The first-order chi connectivity index (χ1) is 24.3. The van der Waals surface area contributed by atoms with Gasteiger partial charge in [0.25, 0.3) is 0 Å². The lowest BCUT2D eigenvalue weighted by molar-refractivity contribution is 0.628. The zero-order valence-corrected chi connectivity index (χ0v) is 26.2. The summed E-state index contributed by atoms with van der Waals surface area (Å²) in [6.45, 7) is 0. The summed E-state index contributed by atoms with van der Waals surface area (Å²) in [5.41, 5.74) is 10.0. The third kappa shape index (κ3) is 3.84. The number of hydrogen-bond donors (Lipinski definition) is 0. The van der Waals surface area contributed by atoms with Gasteiger partial charge < -0.3 is 13.3 Å². The molecular formula is C46H26O3. The highest BCUT2D eigenvalue weighted by molar-refractivity contribution is 6.25. The van der Waals surface area contributed by atoms with Crippen molar-refractivity contribution in [1.82, 2.24) is 0 Å². The summed E-state index contributed by atoms with van der Waals surface area (Å²) in [5, 5.41) is 10.2. The Morgan fingerprint density at radius 1 is 0.306 bits per heavy atom. The van der Waals surface area contributed by atoms with Gasteiger partial charge in [-0.15, -0.1) is 0 Å². The van der Waals surface area contributed by atoms with Gasteiger partial charge in [-0.2, -0.15) is 0 Å². The maximum absolute atomic E-state index is 6.57. The lowest BCUT2D eigenvalue weighted by Gasteiger charge is -2.18. The predicted molar refractivity (Wildman–Crippen MR) is 202 cm³/mol. The van der Waals surface area contributed by atoms with E-state index in [2.05, 4.69) is 121 Å². The van der Waals surface area contributed by atoms with Crippen molar-refractivity contribution < 1.29 is 13.3 Å². The molecule has 0 bridgehead atoms. The van der Waals surface area contributed by atoms with Gasteiger partial charge in [0, 0.05) is 49.7 Å². The molecule has 3 heteroatoms. The van der Waals surface area contributed by atoms with Gasteiger partial charge in [-0.3, -0.25) is 0 Å². The summed E-state index contributed by atoms with van der Waals surface area (Å²) in [7, 11) is 0. The van der Waals surface area contributed by atoms with Crippen LogP contribution in [0.4, 0.5) is 0 Å². The Morgan fingerprint density at radius 2 is 0.939 bits per heavy atom. The summed E-state index contributed by atoms with van der Waals surface area (Å²) in [5.74, 6) is 0.851. The maximum atomic E-state index is 6.57. The van der Waals surface area contributed by atoms with E-state index in [4.69, 9.17) is 13.3 Å². The fourth-order valence-electron chi connectivity index (χ4n) is 7.88. The molecule has 0 unspecified atom stereocenters. The fraction of sp³-hybridized carbons (Fsp3) is 0. The Hall–Kier alpha value is -6.58. The number of benzene rings is 8. The first kappa shape index (κ1) is 26.5. The lowest BCUT2D eigenvalue weighted by Crippen LogP contribution is -1.91. The van der Waals surface area contributed by atoms with Crippen molar-refractivity contribution in [3.05, 3.63) is 158 Å². The van der Waals surface area contributed by atoms with Gasteiger partial charge in [0.15, 0.2) is 0 Å². The highest BCUT2D eigenvalue weighted by atomic mass is 16.3. The topological polar surface area (TPSA) is 39.4 Å². The monoisotopic (exact) mass is 626 g/mol. The third-order valence-electron chi connectivity index (χ3n) is 10.1. The highest BCUT2D eigenvalue weighted by Gasteiger charge is 2.21. The molecule has 0 saturated heterocycles. The Bertz CT molecular complexity index is 3040. The maximum Gasteiger partial charge on any atom is 0.143 e. The lowest BCUT2D eigenvalue weighted by atomic mass is 9.85. The molecule has 11 rings (SSSR count). The van der Waals surface area contributed by atoms with Gasteiger partial charge in [0.2, 0.25) is 0 Å². The number of rotatable bonds is 3. The Labute approximate surface area is 280 Å². The second-order valence-corrected chi connectivity index (χ2v) is 12.8. The van der Waals surface area contributed by atoms with Gasteiger partial charge in [-0.05, 0) is 63.0 Å². The molecule has 0 aliphatic carbocycles. The van der Waals surface area contributed by atoms with Crippen molar-refractivity contribution >= 4 is 76.4 Å². The van der Waals surface area contributed by atoms with Gasteiger partial charge in [0.1, 0.15) is 33.7 Å². The third-order valence-corrected chi connectivity index (χ3v) is 10.1. The van der Waals surface area contributed by atoms with Crippen LogP contribution >= 0.6 is 0 Å². The summed E-state index contributed by atoms with van der Waals surface area (Å²) in [6.07, 6.45) is 0. The first-order valence-electron chi connectivity index (χ1n) is 16.6. The number of para-hydroxylation sites is 2. The Balaban J connectivity index is 1.17. The van der Waals surface area contributed by atoms with Crippen molar-refractivity contribution in [3.8, 4) is 33.6 Å². The molecule has 0 N–H and O–H groups in total. The van der Waals surface area contributed by atoms with E-state index in [0.29, 0.717) is 0 Å². The van der Waals surface area contributed by atoms with E-state index < -0.39 is 0 Å². The van der Waals surface area contributed by atoms with Gasteiger partial charge >= 0.3 is 0 Å². The van der Waals surface area contributed by atoms with Crippen molar-refractivity contribution in [2.45, 2.75) is 0 Å². The molecule has 0 saturated carbocycles. The molecule has 0 aliphatic heterocycles. The van der Waals surface area contributed by atoms with Crippen LogP contribution in [0.1, 0.15) is 0 Å². The summed E-state index contributed by atoms with van der Waals surface area (Å²) in [4.78, 5) is 0. The second-order valence-electron chi connectivity index (χ2n) is 12.8. The van der Waals surface area contributed by atoms with Crippen LogP contribution in [-0.4, -0.2) is 0 Å².